The molecule has 1 heterocycles. The zero-order chi connectivity index (χ0) is 12.1. The highest BCUT2D eigenvalue weighted by Gasteiger charge is 2.22. The number of unbranched alkanes of at least 4 members (excludes halogenated alkanes) is 1. The van der Waals surface area contributed by atoms with E-state index in [1.54, 1.807) is 0 Å². The molecule has 0 aromatic heterocycles. The summed E-state index contributed by atoms with van der Waals surface area (Å²) in [6, 6.07) is 8.66. The van der Waals surface area contributed by atoms with E-state index in [9.17, 15) is 0 Å². The zero-order valence-corrected chi connectivity index (χ0v) is 10.7. The number of rotatable bonds is 6. The molecule has 0 aliphatic carbocycles. The Morgan fingerprint density at radius 1 is 1.47 bits per heavy atom. The van der Waals surface area contributed by atoms with Gasteiger partial charge < -0.3 is 10.2 Å². The minimum absolute atomic E-state index is 0.639. The first kappa shape index (κ1) is 12.2. The number of nitrogens with zero attached hydrogens (tertiary/aromatic N) is 1. The third-order valence-electron chi connectivity index (χ3n) is 3.42. The Labute approximate surface area is 104 Å². The predicted octanol–water partition coefficient (Wildman–Crippen LogP) is 3.09. The topological polar surface area (TPSA) is 15.3 Å². The third kappa shape index (κ3) is 3.10. The van der Waals surface area contributed by atoms with Crippen molar-refractivity contribution in [2.75, 3.05) is 32.0 Å². The molecule has 2 heteroatoms. The molecule has 92 valence electrons. The maximum Gasteiger partial charge on any atom is 0.0376 e. The van der Waals surface area contributed by atoms with Crippen LogP contribution in [0.1, 0.15) is 24.3 Å². The molecule has 0 saturated carbocycles. The molecule has 1 atom stereocenters. The smallest absolute Gasteiger partial charge is 0.0376 e. The van der Waals surface area contributed by atoms with Gasteiger partial charge >= 0.3 is 0 Å². The van der Waals surface area contributed by atoms with E-state index in [1.807, 2.05) is 6.08 Å². The Hall–Kier alpha value is -1.28. The van der Waals surface area contributed by atoms with Crippen molar-refractivity contribution in [1.29, 1.82) is 0 Å². The summed E-state index contributed by atoms with van der Waals surface area (Å²) in [5.74, 6) is 0.639. The van der Waals surface area contributed by atoms with E-state index in [2.05, 4.69) is 48.1 Å². The summed E-state index contributed by atoms with van der Waals surface area (Å²) in [6.07, 6.45) is 4.33. The minimum Gasteiger partial charge on any atom is -0.384 e. The molecule has 0 bridgehead atoms. The van der Waals surface area contributed by atoms with Crippen LogP contribution in [0.5, 0.6) is 0 Å². The van der Waals surface area contributed by atoms with Crippen molar-refractivity contribution in [3.05, 3.63) is 42.5 Å². The molecule has 2 nitrogen and oxygen atoms in total. The molecule has 0 radical (unpaired) electrons. The molecular weight excluding hydrogens is 208 g/mol. The van der Waals surface area contributed by atoms with Gasteiger partial charge in [0.05, 0.1) is 0 Å². The summed E-state index contributed by atoms with van der Waals surface area (Å²) in [4.78, 5) is 2.43. The number of fused-ring (bicyclic) bond motifs is 1. The van der Waals surface area contributed by atoms with Crippen molar-refractivity contribution >= 4 is 5.69 Å². The van der Waals surface area contributed by atoms with Gasteiger partial charge in [-0.15, -0.1) is 6.58 Å². The Morgan fingerprint density at radius 3 is 3.12 bits per heavy atom. The summed E-state index contributed by atoms with van der Waals surface area (Å²) in [7, 11) is 2.21. The second kappa shape index (κ2) is 5.87. The first-order valence-corrected chi connectivity index (χ1v) is 6.43. The molecule has 2 rings (SSSR count). The lowest BCUT2D eigenvalue weighted by Gasteiger charge is -2.20. The molecule has 1 aliphatic rings. The molecule has 17 heavy (non-hydrogen) atoms. The molecule has 1 aliphatic heterocycles. The van der Waals surface area contributed by atoms with Gasteiger partial charge in [0.15, 0.2) is 0 Å². The molecule has 1 unspecified atom stereocenters. The van der Waals surface area contributed by atoms with Crippen LogP contribution in [0.25, 0.3) is 0 Å². The van der Waals surface area contributed by atoms with Crippen LogP contribution in [0.4, 0.5) is 5.69 Å². The number of benzene rings is 1. The fourth-order valence-corrected chi connectivity index (χ4v) is 2.49. The highest BCUT2D eigenvalue weighted by atomic mass is 15.1. The van der Waals surface area contributed by atoms with Crippen LogP contribution in [0, 0.1) is 0 Å². The molecule has 0 saturated heterocycles. The lowest BCUT2D eigenvalue weighted by molar-refractivity contribution is 0.314. The number of anilines is 1. The van der Waals surface area contributed by atoms with E-state index >= 15 is 0 Å². The lowest BCUT2D eigenvalue weighted by Crippen LogP contribution is -2.26. The summed E-state index contributed by atoms with van der Waals surface area (Å²) in [6.45, 7) is 7.13. The van der Waals surface area contributed by atoms with E-state index < -0.39 is 0 Å². The van der Waals surface area contributed by atoms with Crippen molar-refractivity contribution in [2.45, 2.75) is 18.8 Å². The van der Waals surface area contributed by atoms with Gasteiger partial charge in [-0.1, -0.05) is 24.3 Å². The van der Waals surface area contributed by atoms with Crippen molar-refractivity contribution < 1.29 is 0 Å². The number of nitrogens with one attached hydrogen (secondary N) is 1. The normalized spacial score (nSPS) is 17.9. The van der Waals surface area contributed by atoms with Gasteiger partial charge in [-0.3, -0.25) is 0 Å². The number of para-hydroxylation sites is 1. The number of hydrogen-bond acceptors (Lipinski definition) is 2. The highest BCUT2D eigenvalue weighted by molar-refractivity contribution is 5.57. The number of hydrogen-bond donors (Lipinski definition) is 1. The minimum atomic E-state index is 0.639. The molecule has 1 aromatic carbocycles. The summed E-state index contributed by atoms with van der Waals surface area (Å²) < 4.78 is 0. The molecule has 1 aromatic rings. The van der Waals surface area contributed by atoms with Gasteiger partial charge in [0.25, 0.3) is 0 Å². The summed E-state index contributed by atoms with van der Waals surface area (Å²) >= 11 is 0. The van der Waals surface area contributed by atoms with Crippen molar-refractivity contribution in [3.8, 4) is 0 Å². The van der Waals surface area contributed by atoms with Gasteiger partial charge in [0.1, 0.15) is 0 Å². The molecule has 0 fully saturated rings. The molecule has 0 spiro atoms. The number of likely N-dealkylation sites (N-methyl/N-ethyl adjacent to an activating group) is 1. The van der Waals surface area contributed by atoms with Crippen LogP contribution < -0.4 is 5.32 Å². The van der Waals surface area contributed by atoms with Gasteiger partial charge in [-0.2, -0.15) is 0 Å². The van der Waals surface area contributed by atoms with Crippen LogP contribution in [0.2, 0.25) is 0 Å². The zero-order valence-electron chi connectivity index (χ0n) is 10.7. The maximum absolute atomic E-state index is 3.76. The van der Waals surface area contributed by atoms with E-state index in [0.717, 1.165) is 26.1 Å². The lowest BCUT2D eigenvalue weighted by atomic mass is 10.0. The summed E-state index contributed by atoms with van der Waals surface area (Å²) in [5, 5.41) is 3.48. The Morgan fingerprint density at radius 2 is 2.29 bits per heavy atom. The van der Waals surface area contributed by atoms with Crippen molar-refractivity contribution in [3.63, 3.8) is 0 Å². The van der Waals surface area contributed by atoms with Crippen molar-refractivity contribution in [1.82, 2.24) is 4.90 Å². The van der Waals surface area contributed by atoms with E-state index in [1.165, 1.54) is 17.7 Å². The maximum atomic E-state index is 3.76. The number of allylic oxidation sites excluding steroid dienone is 1. The van der Waals surface area contributed by atoms with Crippen LogP contribution in [-0.4, -0.2) is 31.6 Å². The monoisotopic (exact) mass is 230 g/mol. The van der Waals surface area contributed by atoms with Crippen LogP contribution in [0.3, 0.4) is 0 Å². The van der Waals surface area contributed by atoms with Gasteiger partial charge in [-0.25, -0.2) is 0 Å². The van der Waals surface area contributed by atoms with E-state index in [4.69, 9.17) is 0 Å². The largest absolute Gasteiger partial charge is 0.384 e. The third-order valence-corrected chi connectivity index (χ3v) is 3.42. The second-order valence-corrected chi connectivity index (χ2v) is 4.86. The van der Waals surface area contributed by atoms with Gasteiger partial charge in [-0.05, 0) is 38.1 Å². The van der Waals surface area contributed by atoms with Gasteiger partial charge in [0, 0.05) is 24.7 Å². The second-order valence-electron chi connectivity index (χ2n) is 4.86. The van der Waals surface area contributed by atoms with Crippen LogP contribution in [0.15, 0.2) is 36.9 Å². The van der Waals surface area contributed by atoms with E-state index in [0.29, 0.717) is 5.92 Å². The predicted molar refractivity (Wildman–Crippen MR) is 74.6 cm³/mol. The Kier molecular flexibility index (Phi) is 4.21. The Balaban J connectivity index is 1.86. The Bertz CT molecular complexity index is 373. The SMILES string of the molecule is C=CCCCN(C)CC1CNc2ccccc21. The molecular formula is C15H22N2. The molecule has 1 N–H and O–H groups in total. The fourth-order valence-electron chi connectivity index (χ4n) is 2.49. The van der Waals surface area contributed by atoms with Crippen molar-refractivity contribution in [2.24, 2.45) is 0 Å². The first-order chi connectivity index (χ1) is 8.31. The average molecular weight is 230 g/mol. The quantitative estimate of drug-likeness (QED) is 0.597. The summed E-state index contributed by atoms with van der Waals surface area (Å²) in [5.41, 5.74) is 2.79. The van der Waals surface area contributed by atoms with Crippen LogP contribution in [-0.2, 0) is 0 Å². The average Bonchev–Trinajstić information content (AvgIpc) is 2.73. The van der Waals surface area contributed by atoms with Crippen LogP contribution >= 0.6 is 0 Å². The van der Waals surface area contributed by atoms with E-state index in [-0.39, 0.29) is 0 Å². The molecule has 0 amide bonds. The van der Waals surface area contributed by atoms with Gasteiger partial charge in [0.2, 0.25) is 0 Å². The fraction of sp³-hybridized carbons (Fsp3) is 0.467. The standard InChI is InChI=1S/C15H22N2/c1-3-4-7-10-17(2)12-13-11-16-15-9-6-5-8-14(13)15/h3,5-6,8-9,13,16H,1,4,7,10-12H2,2H3. The first-order valence-electron chi connectivity index (χ1n) is 6.43. The highest BCUT2D eigenvalue weighted by Crippen LogP contribution is 2.31.